The Labute approximate surface area is 195 Å². The fraction of sp³-hybridized carbons (Fsp3) is 0.435. The van der Waals surface area contributed by atoms with Crippen molar-refractivity contribution in [3.8, 4) is 6.07 Å². The molecule has 0 radical (unpaired) electrons. The molecular weight excluding hydrogens is 445 g/mol. The van der Waals surface area contributed by atoms with E-state index in [1.165, 1.54) is 42.8 Å². The third-order valence-corrected chi connectivity index (χ3v) is 5.37. The van der Waals surface area contributed by atoms with Crippen LogP contribution in [0.5, 0.6) is 0 Å². The van der Waals surface area contributed by atoms with Gasteiger partial charge in [-0.1, -0.05) is 0 Å². The van der Waals surface area contributed by atoms with Crippen LogP contribution in [0.25, 0.3) is 0 Å². The minimum Gasteiger partial charge on any atom is -0.481 e. The normalized spacial score (nSPS) is 15.1. The number of rotatable bonds is 6. The Morgan fingerprint density at radius 2 is 1.97 bits per heavy atom. The van der Waals surface area contributed by atoms with Crippen LogP contribution >= 0.6 is 0 Å². The van der Waals surface area contributed by atoms with Crippen molar-refractivity contribution in [2.75, 3.05) is 18.0 Å². The van der Waals surface area contributed by atoms with Crippen LogP contribution in [0.2, 0.25) is 0 Å². The number of carboxylic acids is 1. The van der Waals surface area contributed by atoms with Gasteiger partial charge < -0.3 is 20.5 Å². The Hall–Kier alpha value is -3.78. The van der Waals surface area contributed by atoms with Crippen molar-refractivity contribution in [1.29, 1.82) is 5.26 Å². The highest BCUT2D eigenvalue weighted by molar-refractivity contribution is 5.80. The summed E-state index contributed by atoms with van der Waals surface area (Å²) < 4.78 is 16.1. The molecule has 1 fully saturated rings. The van der Waals surface area contributed by atoms with E-state index in [1.807, 2.05) is 11.0 Å². The van der Waals surface area contributed by atoms with Crippen molar-refractivity contribution in [2.45, 2.75) is 45.2 Å². The van der Waals surface area contributed by atoms with E-state index in [-0.39, 0.29) is 36.8 Å². The van der Waals surface area contributed by atoms with Gasteiger partial charge in [-0.3, -0.25) is 18.7 Å². The molecule has 0 spiro atoms. The summed E-state index contributed by atoms with van der Waals surface area (Å²) in [5.41, 5.74) is 5.77. The number of aliphatic carboxylic acids is 1. The number of carbonyl (C=O) groups excluding carboxylic acids is 1. The lowest BCUT2D eigenvalue weighted by Gasteiger charge is -2.34. The minimum absolute atomic E-state index is 0.00528. The second-order valence-electron chi connectivity index (χ2n) is 8.13. The summed E-state index contributed by atoms with van der Waals surface area (Å²) in [6.07, 6.45) is 1.84. The highest BCUT2D eigenvalue weighted by Gasteiger charge is 2.22. The first-order chi connectivity index (χ1) is 16.0. The minimum atomic E-state index is -0.916. The van der Waals surface area contributed by atoms with E-state index in [0.29, 0.717) is 24.5 Å². The van der Waals surface area contributed by atoms with Crippen molar-refractivity contribution in [2.24, 2.45) is 12.8 Å². The topological polar surface area (TPSA) is 151 Å². The maximum Gasteiger partial charge on any atom is 0.332 e. The molecule has 2 aromatic rings. The molecule has 1 atom stereocenters. The Kier molecular flexibility index (Phi) is 9.27. The maximum absolute atomic E-state index is 13.7. The zero-order valence-corrected chi connectivity index (χ0v) is 19.2. The number of hydrogen-bond donors (Lipinski definition) is 2. The molecule has 3 N–H and O–H groups in total. The summed E-state index contributed by atoms with van der Waals surface area (Å²) in [6, 6.07) is 7.19. The van der Waals surface area contributed by atoms with E-state index in [0.717, 1.165) is 17.4 Å². The van der Waals surface area contributed by atoms with Crippen LogP contribution < -0.4 is 21.9 Å². The lowest BCUT2D eigenvalue weighted by atomic mass is 10.1. The Balaban J connectivity index is 0.000000440. The van der Waals surface area contributed by atoms with Crippen LogP contribution in [0.4, 0.5) is 10.2 Å². The monoisotopic (exact) mass is 473 g/mol. The lowest BCUT2D eigenvalue weighted by Crippen LogP contribution is -2.47. The highest BCUT2D eigenvalue weighted by Crippen LogP contribution is 2.19. The quantitative estimate of drug-likeness (QED) is 0.630. The van der Waals surface area contributed by atoms with Crippen LogP contribution in [-0.2, 0) is 23.2 Å². The van der Waals surface area contributed by atoms with E-state index >= 15 is 0 Å². The molecular formula is C23H28FN5O5. The maximum atomic E-state index is 13.7. The third-order valence-electron chi connectivity index (χ3n) is 5.37. The average molecular weight is 474 g/mol. The van der Waals surface area contributed by atoms with Gasteiger partial charge >= 0.3 is 11.7 Å². The van der Waals surface area contributed by atoms with E-state index < -0.39 is 23.0 Å². The fourth-order valence-corrected chi connectivity index (χ4v) is 3.54. The lowest BCUT2D eigenvalue weighted by molar-refractivity contribution is -0.138. The number of nitrogens with zero attached hydrogens (tertiary/aromatic N) is 4. The molecule has 2 heterocycles. The molecule has 0 saturated carbocycles. The first-order valence-corrected chi connectivity index (χ1v) is 10.7. The standard InChI is InChI=1S/C18H20FN5O2.C5H8O3/c1-22-17(25)8-16(23-6-2-3-15(21)11-23)24(18(22)26)10-13-7-14(19)5-4-12(13)9-20;1-4(6)2-3-5(7)8/h4-5,7-8,15H,2-3,6,10-11,21H2,1H3;2-3H2,1H3,(H,7,8)/t15-;/m1./s1. The third kappa shape index (κ3) is 7.11. The molecule has 34 heavy (non-hydrogen) atoms. The molecule has 1 aromatic carbocycles. The van der Waals surface area contributed by atoms with Crippen molar-refractivity contribution < 1.29 is 19.1 Å². The van der Waals surface area contributed by atoms with Gasteiger partial charge in [0.05, 0.1) is 24.6 Å². The van der Waals surface area contributed by atoms with E-state index in [1.54, 1.807) is 0 Å². The van der Waals surface area contributed by atoms with Gasteiger partial charge in [-0.25, -0.2) is 9.18 Å². The van der Waals surface area contributed by atoms with E-state index in [2.05, 4.69) is 0 Å². The zero-order valence-electron chi connectivity index (χ0n) is 19.2. The predicted octanol–water partition coefficient (Wildman–Crippen LogP) is 0.974. The fourth-order valence-electron chi connectivity index (χ4n) is 3.54. The molecule has 1 aliphatic heterocycles. The van der Waals surface area contributed by atoms with Gasteiger partial charge in [0, 0.05) is 38.7 Å². The number of hydrogen-bond acceptors (Lipinski definition) is 7. The Bertz CT molecular complexity index is 1200. The summed E-state index contributed by atoms with van der Waals surface area (Å²) in [7, 11) is 1.39. The van der Waals surface area contributed by atoms with Crippen LogP contribution in [0.15, 0.2) is 33.9 Å². The van der Waals surface area contributed by atoms with Crippen LogP contribution in [-0.4, -0.2) is 45.1 Å². The highest BCUT2D eigenvalue weighted by atomic mass is 19.1. The Morgan fingerprint density at radius 3 is 2.53 bits per heavy atom. The van der Waals surface area contributed by atoms with Crippen molar-refractivity contribution in [1.82, 2.24) is 9.13 Å². The molecule has 3 rings (SSSR count). The molecule has 1 saturated heterocycles. The molecule has 0 amide bonds. The predicted molar refractivity (Wildman–Crippen MR) is 123 cm³/mol. The molecule has 11 heteroatoms. The van der Waals surface area contributed by atoms with Gasteiger partial charge in [0.25, 0.3) is 5.56 Å². The van der Waals surface area contributed by atoms with Crippen LogP contribution in [0.1, 0.15) is 43.7 Å². The first kappa shape index (κ1) is 26.5. The van der Waals surface area contributed by atoms with Gasteiger partial charge in [-0.2, -0.15) is 5.26 Å². The SMILES string of the molecule is CC(=O)CCC(=O)O.Cn1c(=O)cc(N2CCC[C@@H](N)C2)n(Cc2cc(F)ccc2C#N)c1=O. The molecule has 1 aromatic heterocycles. The number of nitrogens with two attached hydrogens (primary N) is 1. The number of anilines is 1. The summed E-state index contributed by atoms with van der Waals surface area (Å²) in [6.45, 7) is 2.58. The number of aromatic nitrogens is 2. The number of carbonyl (C=O) groups is 2. The first-order valence-electron chi connectivity index (χ1n) is 10.7. The molecule has 10 nitrogen and oxygen atoms in total. The van der Waals surface area contributed by atoms with Gasteiger partial charge in [0.1, 0.15) is 17.4 Å². The summed E-state index contributed by atoms with van der Waals surface area (Å²) in [4.78, 5) is 46.6. The van der Waals surface area contributed by atoms with Crippen molar-refractivity contribution in [3.63, 3.8) is 0 Å². The van der Waals surface area contributed by atoms with Crippen molar-refractivity contribution >= 4 is 17.6 Å². The number of benzene rings is 1. The second kappa shape index (κ2) is 11.9. The van der Waals surface area contributed by atoms with E-state index in [9.17, 15) is 28.8 Å². The number of Topliss-reactive ketones (excluding diaryl/α,β-unsaturated/α-hetero) is 1. The molecule has 0 unspecified atom stereocenters. The number of ketones is 1. The summed E-state index contributed by atoms with van der Waals surface area (Å²) in [5.74, 6) is -1.03. The Morgan fingerprint density at radius 1 is 1.26 bits per heavy atom. The largest absolute Gasteiger partial charge is 0.481 e. The summed E-state index contributed by atoms with van der Waals surface area (Å²) >= 11 is 0. The average Bonchev–Trinajstić information content (AvgIpc) is 2.78. The molecule has 0 bridgehead atoms. The van der Waals surface area contributed by atoms with Crippen LogP contribution in [0, 0.1) is 17.1 Å². The van der Waals surface area contributed by atoms with Gasteiger partial charge in [-0.15, -0.1) is 0 Å². The summed E-state index contributed by atoms with van der Waals surface area (Å²) in [5, 5.41) is 17.3. The number of piperidine rings is 1. The van der Waals surface area contributed by atoms with Gasteiger partial charge in [0.2, 0.25) is 0 Å². The molecule has 182 valence electrons. The number of halogens is 1. The van der Waals surface area contributed by atoms with Crippen LogP contribution in [0.3, 0.4) is 0 Å². The molecule has 1 aliphatic rings. The second-order valence-corrected chi connectivity index (χ2v) is 8.13. The number of carboxylic acid groups (broad SMARTS) is 1. The van der Waals surface area contributed by atoms with Gasteiger partial charge in [0.15, 0.2) is 0 Å². The van der Waals surface area contributed by atoms with Gasteiger partial charge in [-0.05, 0) is 43.5 Å². The smallest absolute Gasteiger partial charge is 0.332 e. The zero-order chi connectivity index (χ0) is 25.4. The van der Waals surface area contributed by atoms with Crippen molar-refractivity contribution in [3.05, 3.63) is 62.0 Å². The molecule has 0 aliphatic carbocycles. The number of nitriles is 1. The van der Waals surface area contributed by atoms with E-state index in [4.69, 9.17) is 10.8 Å².